The van der Waals surface area contributed by atoms with Crippen LogP contribution in [0, 0.1) is 20.8 Å². The van der Waals surface area contributed by atoms with Crippen molar-refractivity contribution in [2.45, 2.75) is 95.3 Å². The van der Waals surface area contributed by atoms with Gasteiger partial charge in [0.25, 0.3) is 0 Å². The molecule has 10 nitrogen and oxygen atoms in total. The molecule has 6 saturated heterocycles. The van der Waals surface area contributed by atoms with E-state index in [-0.39, 0.29) is 48.8 Å². The van der Waals surface area contributed by atoms with Gasteiger partial charge in [0.1, 0.15) is 0 Å². The summed E-state index contributed by atoms with van der Waals surface area (Å²) in [6.07, 6.45) is 2.60. The number of nitrogens with zero attached hydrogens (tertiary/aromatic N) is 2. The van der Waals surface area contributed by atoms with E-state index in [4.69, 9.17) is 35.1 Å². The van der Waals surface area contributed by atoms with Gasteiger partial charge in [-0.3, -0.25) is 0 Å². The van der Waals surface area contributed by atoms with E-state index in [0.717, 1.165) is 52.9 Å². The van der Waals surface area contributed by atoms with Crippen LogP contribution in [0.5, 0.6) is 0 Å². The molecule has 9 rings (SSSR count). The molecular weight excluding hydrogens is 674 g/mol. The van der Waals surface area contributed by atoms with Crippen molar-refractivity contribution in [1.82, 2.24) is 10.8 Å². The minimum atomic E-state index is -5.83. The summed E-state index contributed by atoms with van der Waals surface area (Å²) in [5.74, 6) is 0. The van der Waals surface area contributed by atoms with Gasteiger partial charge in [-0.25, -0.2) is 0 Å². The molecule has 0 aromatic heterocycles. The van der Waals surface area contributed by atoms with Gasteiger partial charge in [0.05, 0.1) is 0 Å². The van der Waals surface area contributed by atoms with Crippen LogP contribution in [-0.4, -0.2) is 77.8 Å². The predicted octanol–water partition coefficient (Wildman–Crippen LogP) is 2.85. The number of fused-ring (bicyclic) bond motifs is 10. The van der Waals surface area contributed by atoms with E-state index >= 15 is 0 Å². The van der Waals surface area contributed by atoms with Crippen molar-refractivity contribution < 1.29 is 35.1 Å². The number of benzene rings is 3. The third kappa shape index (κ3) is 4.11. The van der Waals surface area contributed by atoms with Gasteiger partial charge in [0, 0.05) is 0 Å². The molecule has 6 aliphatic rings. The summed E-state index contributed by atoms with van der Waals surface area (Å²) in [7, 11) is 0. The van der Waals surface area contributed by atoms with Crippen molar-refractivity contribution in [1.29, 1.82) is 0 Å². The molecule has 232 valence electrons. The molecule has 0 N–H and O–H groups in total. The molecule has 0 radical (unpaired) electrons. The second kappa shape index (κ2) is 10.3. The van der Waals surface area contributed by atoms with Crippen LogP contribution >= 0.6 is 0 Å². The number of hydrogen-bond acceptors (Lipinski definition) is 10. The summed E-state index contributed by atoms with van der Waals surface area (Å²) in [6.45, 7) is 6.21. The molecule has 8 unspecified atom stereocenters. The van der Waals surface area contributed by atoms with Gasteiger partial charge in [0.15, 0.2) is 0 Å². The third-order valence-electron chi connectivity index (χ3n) is 10.1. The summed E-state index contributed by atoms with van der Waals surface area (Å²) < 4.78 is 29.5. The Labute approximate surface area is 258 Å². The Kier molecular flexibility index (Phi) is 6.62. The molecule has 6 fully saturated rings. The van der Waals surface area contributed by atoms with Gasteiger partial charge >= 0.3 is 259 Å². The molecule has 11 heteroatoms. The van der Waals surface area contributed by atoms with E-state index < -0.39 is 18.2 Å². The van der Waals surface area contributed by atoms with E-state index in [1.165, 1.54) is 10.8 Å². The van der Waals surface area contributed by atoms with Gasteiger partial charge in [-0.1, -0.05) is 0 Å². The Morgan fingerprint density at radius 2 is 0.750 bits per heavy atom. The Morgan fingerprint density at radius 1 is 0.477 bits per heavy atom. The molecule has 0 aliphatic carbocycles. The molecule has 0 amide bonds. The summed E-state index contributed by atoms with van der Waals surface area (Å²) in [6, 6.07) is 25.0. The van der Waals surface area contributed by atoms with Crippen molar-refractivity contribution in [3.05, 3.63) is 89.5 Å². The first-order valence-electron chi connectivity index (χ1n) is 15.6. The molecule has 4 bridgehead atoms. The maximum absolute atomic E-state index is 7.36. The zero-order chi connectivity index (χ0) is 29.7. The van der Waals surface area contributed by atoms with E-state index in [0.29, 0.717) is 0 Å². The van der Waals surface area contributed by atoms with Crippen LogP contribution in [0.4, 0.5) is 0 Å². The zero-order valence-corrected chi connectivity index (χ0v) is 27.5. The zero-order valence-electron chi connectivity index (χ0n) is 25.0. The van der Waals surface area contributed by atoms with E-state index in [1.807, 2.05) is 0 Å². The van der Waals surface area contributed by atoms with Gasteiger partial charge in [-0.2, -0.15) is 0 Å². The van der Waals surface area contributed by atoms with Crippen LogP contribution in [0.2, 0.25) is 0 Å². The van der Waals surface area contributed by atoms with Gasteiger partial charge in [-0.15, -0.1) is 0 Å². The Hall–Kier alpha value is -1.92. The molecular formula is C33H37N2O8Sb. The Morgan fingerprint density at radius 3 is 1.02 bits per heavy atom. The van der Waals surface area contributed by atoms with Crippen molar-refractivity contribution in [2.75, 3.05) is 0 Å². The van der Waals surface area contributed by atoms with Crippen molar-refractivity contribution in [2.24, 2.45) is 0 Å². The first-order valence-corrected chi connectivity index (χ1v) is 21.5. The van der Waals surface area contributed by atoms with E-state index in [1.54, 1.807) is 0 Å². The summed E-state index contributed by atoms with van der Waals surface area (Å²) in [5, 5.41) is 2.43. The van der Waals surface area contributed by atoms with Gasteiger partial charge in [-0.05, 0) is 0 Å². The fourth-order valence-electron chi connectivity index (χ4n) is 7.67. The molecule has 0 saturated carbocycles. The van der Waals surface area contributed by atoms with Crippen LogP contribution < -0.4 is 10.5 Å². The Bertz CT molecular complexity index is 1360. The standard InChI is InChI=1S/3C7H7.2C6H8NO4.Sb/c3*1-7-5-3-2-4-6-7;2*8-7-10-5-3-1-2-4(9-3)6(5)11-7;/h3*3-6H,1H3;2*3-6H,1-2H2;/q;;;2*-1;+2. The summed E-state index contributed by atoms with van der Waals surface area (Å²) in [5.41, 5.74) is 3.35. The van der Waals surface area contributed by atoms with Crippen molar-refractivity contribution in [3.63, 3.8) is 0 Å². The molecule has 44 heavy (non-hydrogen) atoms. The maximum atomic E-state index is 7.36. The molecule has 0 spiro atoms. The number of hydrogen-bond donors (Lipinski definition) is 0. The monoisotopic (exact) mass is 710 g/mol. The molecule has 3 aromatic rings. The molecule has 8 atom stereocenters. The average molecular weight is 711 g/mol. The SMILES string of the molecule is Cc1cc[c]([Sb]([O]N2OC3C4CCC(O4)C3O2)([O]N2OC3C4CCC(O4)C3O2)([c]2ccc(C)cc2)[c]2ccc(C)cc2)cc1. The second-order valence-corrected chi connectivity index (χ2v) is 23.8. The first kappa shape index (κ1) is 28.3. The van der Waals surface area contributed by atoms with Crippen LogP contribution in [0.15, 0.2) is 72.8 Å². The van der Waals surface area contributed by atoms with E-state index in [2.05, 4.69) is 93.6 Å². The van der Waals surface area contributed by atoms with Crippen molar-refractivity contribution >= 4 is 28.8 Å². The average Bonchev–Trinajstić information content (AvgIpc) is 3.86. The van der Waals surface area contributed by atoms with Gasteiger partial charge < -0.3 is 0 Å². The van der Waals surface area contributed by atoms with Crippen LogP contribution in [0.1, 0.15) is 42.4 Å². The Balaban J connectivity index is 1.25. The normalized spacial score (nSPS) is 35.2. The first-order chi connectivity index (χ1) is 21.4. The fraction of sp³-hybridized carbons (Fsp3) is 0.455. The molecule has 3 aromatic carbocycles. The second-order valence-electron chi connectivity index (χ2n) is 12.9. The number of rotatable bonds is 7. The number of aryl methyl sites for hydroxylation is 3. The molecule has 6 heterocycles. The van der Waals surface area contributed by atoms with Crippen molar-refractivity contribution in [3.8, 4) is 0 Å². The third-order valence-corrected chi connectivity index (χ3v) is 23.2. The topological polar surface area (TPSA) is 80.3 Å². The minimum absolute atomic E-state index is 0.0303. The summed E-state index contributed by atoms with van der Waals surface area (Å²) >= 11 is -5.83. The van der Waals surface area contributed by atoms with Crippen LogP contribution in [-0.2, 0) is 35.1 Å². The number of ether oxygens (including phenoxy) is 2. The van der Waals surface area contributed by atoms with Crippen LogP contribution in [0.25, 0.3) is 0 Å². The van der Waals surface area contributed by atoms with Gasteiger partial charge in [0.2, 0.25) is 0 Å². The van der Waals surface area contributed by atoms with Crippen LogP contribution in [0.3, 0.4) is 0 Å². The molecule has 6 aliphatic heterocycles. The predicted molar refractivity (Wildman–Crippen MR) is 159 cm³/mol. The summed E-state index contributed by atoms with van der Waals surface area (Å²) in [4.78, 5) is 25.7. The van der Waals surface area contributed by atoms with E-state index in [9.17, 15) is 0 Å². The quantitative estimate of drug-likeness (QED) is 0.342. The fourth-order valence-corrected chi connectivity index (χ4v) is 19.7.